The van der Waals surface area contributed by atoms with Crippen LogP contribution in [0.2, 0.25) is 0 Å². The summed E-state index contributed by atoms with van der Waals surface area (Å²) in [6.07, 6.45) is 0.479. The number of nitrogens with one attached hydrogen (secondary N) is 1. The van der Waals surface area contributed by atoms with Crippen LogP contribution in [0.3, 0.4) is 0 Å². The highest BCUT2D eigenvalue weighted by atomic mass is 16.5. The second-order valence-corrected chi connectivity index (χ2v) is 7.42. The number of piperazine rings is 1. The van der Waals surface area contributed by atoms with Gasteiger partial charge in [-0.25, -0.2) is 0 Å². The van der Waals surface area contributed by atoms with Gasteiger partial charge < -0.3 is 19.9 Å². The van der Waals surface area contributed by atoms with E-state index in [1.54, 1.807) is 11.9 Å². The Hall–Kier alpha value is -2.61. The lowest BCUT2D eigenvalue weighted by atomic mass is 10.1. The van der Waals surface area contributed by atoms with Crippen molar-refractivity contribution in [3.8, 4) is 5.75 Å². The molecule has 4 rings (SSSR count). The van der Waals surface area contributed by atoms with E-state index in [0.717, 1.165) is 11.3 Å². The van der Waals surface area contributed by atoms with Gasteiger partial charge in [0.25, 0.3) is 0 Å². The predicted molar refractivity (Wildman–Crippen MR) is 96.9 cm³/mol. The molecule has 0 saturated carbocycles. The smallest absolute Gasteiger partial charge is 0.245 e. The van der Waals surface area contributed by atoms with E-state index in [4.69, 9.17) is 4.74 Å². The topological polar surface area (TPSA) is 82.2 Å². The van der Waals surface area contributed by atoms with Crippen molar-refractivity contribution in [1.82, 2.24) is 20.0 Å². The molecule has 0 aromatic heterocycles. The van der Waals surface area contributed by atoms with Crippen LogP contribution >= 0.6 is 0 Å². The molecule has 3 amide bonds. The fraction of sp³-hybridized carbons (Fsp3) is 0.526. The van der Waals surface area contributed by atoms with Gasteiger partial charge in [-0.2, -0.15) is 0 Å². The summed E-state index contributed by atoms with van der Waals surface area (Å²) in [6, 6.07) is 7.23. The minimum Gasteiger partial charge on any atom is -0.492 e. The van der Waals surface area contributed by atoms with Gasteiger partial charge in [0.1, 0.15) is 18.4 Å². The Morgan fingerprint density at radius 3 is 2.93 bits per heavy atom. The average molecular weight is 372 g/mol. The highest BCUT2D eigenvalue weighted by molar-refractivity contribution is 5.95. The van der Waals surface area contributed by atoms with Gasteiger partial charge in [0.15, 0.2) is 0 Å². The zero-order valence-corrected chi connectivity index (χ0v) is 15.4. The van der Waals surface area contributed by atoms with Crippen molar-refractivity contribution >= 4 is 17.7 Å². The molecule has 1 aromatic carbocycles. The Labute approximate surface area is 158 Å². The molecule has 144 valence electrons. The maximum atomic E-state index is 12.5. The second kappa shape index (κ2) is 7.19. The van der Waals surface area contributed by atoms with Gasteiger partial charge in [-0.3, -0.25) is 19.3 Å². The molecule has 2 saturated heterocycles. The molecule has 3 heterocycles. The van der Waals surface area contributed by atoms with E-state index in [1.165, 1.54) is 4.90 Å². The lowest BCUT2D eigenvalue weighted by Gasteiger charge is -2.33. The normalized spacial score (nSPS) is 25.5. The van der Waals surface area contributed by atoms with Crippen LogP contribution in [0.5, 0.6) is 5.75 Å². The monoisotopic (exact) mass is 372 g/mol. The molecular weight excluding hydrogens is 348 g/mol. The van der Waals surface area contributed by atoms with Gasteiger partial charge >= 0.3 is 0 Å². The van der Waals surface area contributed by atoms with Gasteiger partial charge in [-0.15, -0.1) is 0 Å². The summed E-state index contributed by atoms with van der Waals surface area (Å²) in [5.74, 6) is 0.675. The number of ether oxygens (including phenoxy) is 1. The largest absolute Gasteiger partial charge is 0.492 e. The quantitative estimate of drug-likeness (QED) is 0.769. The molecular formula is C19H24N4O4. The first-order chi connectivity index (χ1) is 13.0. The molecule has 0 aliphatic carbocycles. The summed E-state index contributed by atoms with van der Waals surface area (Å²) in [5.41, 5.74) is 1.07. The second-order valence-electron chi connectivity index (χ2n) is 7.42. The summed E-state index contributed by atoms with van der Waals surface area (Å²) < 4.78 is 5.73. The predicted octanol–water partition coefficient (Wildman–Crippen LogP) is -0.561. The lowest BCUT2D eigenvalue weighted by molar-refractivity contribution is -0.152. The first-order valence-electron chi connectivity index (χ1n) is 9.28. The first-order valence-corrected chi connectivity index (χ1v) is 9.28. The Morgan fingerprint density at radius 1 is 1.26 bits per heavy atom. The van der Waals surface area contributed by atoms with Crippen LogP contribution in [0.4, 0.5) is 0 Å². The van der Waals surface area contributed by atoms with Crippen molar-refractivity contribution in [2.45, 2.75) is 25.0 Å². The van der Waals surface area contributed by atoms with Crippen LogP contribution in [0.15, 0.2) is 24.3 Å². The van der Waals surface area contributed by atoms with Crippen LogP contribution in [0.1, 0.15) is 12.0 Å². The molecule has 2 atom stereocenters. The van der Waals surface area contributed by atoms with Crippen LogP contribution in [0, 0.1) is 0 Å². The van der Waals surface area contributed by atoms with Crippen LogP contribution in [-0.4, -0.2) is 84.3 Å². The highest BCUT2D eigenvalue weighted by Crippen LogP contribution is 2.24. The molecule has 3 aliphatic heterocycles. The Balaban J connectivity index is 1.34. The van der Waals surface area contributed by atoms with Crippen molar-refractivity contribution < 1.29 is 19.1 Å². The average Bonchev–Trinajstić information content (AvgIpc) is 2.94. The minimum absolute atomic E-state index is 0.0485. The summed E-state index contributed by atoms with van der Waals surface area (Å²) in [4.78, 5) is 42.0. The third-order valence-corrected chi connectivity index (χ3v) is 5.42. The molecule has 2 fully saturated rings. The highest BCUT2D eigenvalue weighted by Gasteiger charge is 2.44. The number of nitrogens with zero attached hydrogens (tertiary/aromatic N) is 3. The van der Waals surface area contributed by atoms with E-state index >= 15 is 0 Å². The Kier molecular flexibility index (Phi) is 4.73. The number of carbonyl (C=O) groups excluding carboxylic acids is 3. The van der Waals surface area contributed by atoms with E-state index in [9.17, 15) is 14.4 Å². The maximum Gasteiger partial charge on any atom is 0.245 e. The molecule has 1 N–H and O–H groups in total. The fourth-order valence-corrected chi connectivity index (χ4v) is 4.07. The number of rotatable bonds is 3. The van der Waals surface area contributed by atoms with E-state index in [0.29, 0.717) is 32.7 Å². The third-order valence-electron chi connectivity index (χ3n) is 5.42. The Morgan fingerprint density at radius 2 is 2.07 bits per heavy atom. The number of amides is 3. The van der Waals surface area contributed by atoms with Crippen LogP contribution in [0.25, 0.3) is 0 Å². The molecule has 3 aliphatic rings. The fourth-order valence-electron chi connectivity index (χ4n) is 4.07. The minimum atomic E-state index is -0.444. The van der Waals surface area contributed by atoms with Crippen molar-refractivity contribution in [2.75, 3.05) is 39.8 Å². The van der Waals surface area contributed by atoms with Gasteiger partial charge in [0, 0.05) is 38.3 Å². The number of para-hydroxylation sites is 1. The molecule has 0 unspecified atom stereocenters. The van der Waals surface area contributed by atoms with Crippen molar-refractivity contribution in [3.05, 3.63) is 29.8 Å². The number of benzene rings is 1. The maximum absolute atomic E-state index is 12.5. The van der Waals surface area contributed by atoms with E-state index in [-0.39, 0.29) is 36.9 Å². The summed E-state index contributed by atoms with van der Waals surface area (Å²) >= 11 is 0. The summed E-state index contributed by atoms with van der Waals surface area (Å²) in [5, 5.41) is 3.00. The van der Waals surface area contributed by atoms with Gasteiger partial charge in [0.05, 0.1) is 13.1 Å². The van der Waals surface area contributed by atoms with E-state index < -0.39 is 6.04 Å². The molecule has 27 heavy (non-hydrogen) atoms. The summed E-state index contributed by atoms with van der Waals surface area (Å²) in [6.45, 7) is 2.65. The molecule has 0 bridgehead atoms. The van der Waals surface area contributed by atoms with E-state index in [1.807, 2.05) is 29.2 Å². The third kappa shape index (κ3) is 3.62. The van der Waals surface area contributed by atoms with Gasteiger partial charge in [-0.05, 0) is 12.5 Å². The number of hydrogen-bond acceptors (Lipinski definition) is 5. The van der Waals surface area contributed by atoms with Crippen LogP contribution < -0.4 is 10.1 Å². The SMILES string of the molecule is CN1CC(=O)N2C[C@H](NC(=O)CN3CCOc4ccccc4C3)C[C@H]2C1=O. The Bertz CT molecular complexity index is 768. The lowest BCUT2D eigenvalue weighted by Crippen LogP contribution is -2.55. The number of fused-ring (bicyclic) bond motifs is 2. The molecule has 1 aromatic rings. The van der Waals surface area contributed by atoms with Crippen molar-refractivity contribution in [2.24, 2.45) is 0 Å². The molecule has 8 heteroatoms. The van der Waals surface area contributed by atoms with Gasteiger partial charge in [0.2, 0.25) is 17.7 Å². The van der Waals surface area contributed by atoms with Crippen molar-refractivity contribution in [3.63, 3.8) is 0 Å². The zero-order chi connectivity index (χ0) is 19.0. The zero-order valence-electron chi connectivity index (χ0n) is 15.4. The number of likely N-dealkylation sites (N-methyl/N-ethyl adjacent to an activating group) is 1. The molecule has 0 radical (unpaired) electrons. The molecule has 8 nitrogen and oxygen atoms in total. The first kappa shape index (κ1) is 17.8. The number of hydrogen-bond donors (Lipinski definition) is 1. The summed E-state index contributed by atoms with van der Waals surface area (Å²) in [7, 11) is 1.64. The van der Waals surface area contributed by atoms with Crippen molar-refractivity contribution in [1.29, 1.82) is 0 Å². The van der Waals surface area contributed by atoms with E-state index in [2.05, 4.69) is 5.32 Å². The van der Waals surface area contributed by atoms with Gasteiger partial charge in [-0.1, -0.05) is 18.2 Å². The van der Waals surface area contributed by atoms with Crippen LogP contribution in [-0.2, 0) is 20.9 Å². The standard InChI is InChI=1S/C19H24N4O4/c1-21-12-18(25)23-10-14(8-15(23)19(21)26)20-17(24)11-22-6-7-27-16-5-3-2-4-13(16)9-22/h2-5,14-15H,6-12H2,1H3,(H,20,24)/t14-,15+/m1/s1. The molecule has 0 spiro atoms. The number of carbonyl (C=O) groups is 3.